The highest BCUT2D eigenvalue weighted by Crippen LogP contribution is 2.08. The van der Waals surface area contributed by atoms with Gasteiger partial charge >= 0.3 is 0 Å². The summed E-state index contributed by atoms with van der Waals surface area (Å²) in [7, 11) is 0. The SMILES string of the molecule is CCNC(C)CCCn1ncc(N(CC)CC)cc1=O. The van der Waals surface area contributed by atoms with Crippen molar-refractivity contribution < 1.29 is 0 Å². The van der Waals surface area contributed by atoms with Gasteiger partial charge in [-0.3, -0.25) is 4.79 Å². The molecule has 0 aromatic carbocycles. The summed E-state index contributed by atoms with van der Waals surface area (Å²) in [6.07, 6.45) is 3.81. The Labute approximate surface area is 122 Å². The third-order valence-electron chi connectivity index (χ3n) is 3.54. The number of nitrogens with zero attached hydrogens (tertiary/aromatic N) is 3. The highest BCUT2D eigenvalue weighted by Gasteiger charge is 2.06. The molecule has 0 bridgehead atoms. The molecule has 0 aliphatic heterocycles. The maximum atomic E-state index is 12.0. The van der Waals surface area contributed by atoms with Crippen LogP contribution in [0.15, 0.2) is 17.1 Å². The van der Waals surface area contributed by atoms with Gasteiger partial charge in [-0.05, 0) is 40.2 Å². The van der Waals surface area contributed by atoms with E-state index in [-0.39, 0.29) is 5.56 Å². The van der Waals surface area contributed by atoms with Crippen LogP contribution in [0.5, 0.6) is 0 Å². The van der Waals surface area contributed by atoms with Crippen LogP contribution in [-0.2, 0) is 6.54 Å². The van der Waals surface area contributed by atoms with Crippen LogP contribution in [0.1, 0.15) is 40.5 Å². The van der Waals surface area contributed by atoms with Crippen LogP contribution in [-0.4, -0.2) is 35.5 Å². The fraction of sp³-hybridized carbons (Fsp3) is 0.733. The largest absolute Gasteiger partial charge is 0.371 e. The van der Waals surface area contributed by atoms with E-state index in [9.17, 15) is 4.79 Å². The normalized spacial score (nSPS) is 12.4. The average Bonchev–Trinajstić information content (AvgIpc) is 2.43. The molecule has 0 radical (unpaired) electrons. The molecule has 20 heavy (non-hydrogen) atoms. The predicted octanol–water partition coefficient (Wildman–Crippen LogP) is 1.87. The van der Waals surface area contributed by atoms with E-state index in [1.54, 1.807) is 16.9 Å². The Bertz CT molecular complexity index is 440. The molecule has 1 N–H and O–H groups in total. The van der Waals surface area contributed by atoms with Crippen molar-refractivity contribution in [1.82, 2.24) is 15.1 Å². The molecular formula is C15H28N4O. The highest BCUT2D eigenvalue weighted by molar-refractivity contribution is 5.42. The van der Waals surface area contributed by atoms with Gasteiger partial charge in [-0.15, -0.1) is 0 Å². The van der Waals surface area contributed by atoms with E-state index in [1.165, 1.54) is 0 Å². The van der Waals surface area contributed by atoms with Crippen LogP contribution in [0.4, 0.5) is 5.69 Å². The number of nitrogens with one attached hydrogen (secondary N) is 1. The molecule has 0 saturated carbocycles. The lowest BCUT2D eigenvalue weighted by Crippen LogP contribution is -2.29. The molecular weight excluding hydrogens is 252 g/mol. The molecule has 1 aromatic heterocycles. The van der Waals surface area contributed by atoms with Gasteiger partial charge in [-0.2, -0.15) is 5.10 Å². The Hall–Kier alpha value is -1.36. The second-order valence-electron chi connectivity index (χ2n) is 5.05. The summed E-state index contributed by atoms with van der Waals surface area (Å²) < 4.78 is 1.56. The predicted molar refractivity (Wildman–Crippen MR) is 84.4 cm³/mol. The van der Waals surface area contributed by atoms with Crippen molar-refractivity contribution in [2.75, 3.05) is 24.5 Å². The first-order chi connectivity index (χ1) is 9.62. The zero-order valence-corrected chi connectivity index (χ0v) is 13.2. The molecule has 1 atom stereocenters. The molecule has 0 spiro atoms. The van der Waals surface area contributed by atoms with Crippen molar-refractivity contribution >= 4 is 5.69 Å². The molecule has 0 aliphatic rings. The molecule has 1 aromatic rings. The maximum Gasteiger partial charge on any atom is 0.268 e. The summed E-state index contributed by atoms with van der Waals surface area (Å²) in [5.74, 6) is 0. The van der Waals surface area contributed by atoms with Crippen LogP contribution in [0.3, 0.4) is 0 Å². The van der Waals surface area contributed by atoms with Crippen LogP contribution in [0.25, 0.3) is 0 Å². The molecule has 0 saturated heterocycles. The lowest BCUT2D eigenvalue weighted by atomic mass is 10.2. The summed E-state index contributed by atoms with van der Waals surface area (Å²) in [6.45, 7) is 11.9. The second-order valence-corrected chi connectivity index (χ2v) is 5.05. The van der Waals surface area contributed by atoms with Crippen LogP contribution in [0.2, 0.25) is 0 Å². The first-order valence-electron chi connectivity index (χ1n) is 7.67. The lowest BCUT2D eigenvalue weighted by molar-refractivity contribution is 0.462. The van der Waals surface area contributed by atoms with Crippen molar-refractivity contribution in [2.45, 2.75) is 53.1 Å². The molecule has 0 aliphatic carbocycles. The van der Waals surface area contributed by atoms with E-state index in [0.29, 0.717) is 12.6 Å². The Kier molecular flexibility index (Phi) is 7.30. The van der Waals surface area contributed by atoms with Gasteiger partial charge < -0.3 is 10.2 Å². The quantitative estimate of drug-likeness (QED) is 0.750. The monoisotopic (exact) mass is 280 g/mol. The van der Waals surface area contributed by atoms with Crippen LogP contribution >= 0.6 is 0 Å². The van der Waals surface area contributed by atoms with E-state index in [2.05, 4.69) is 43.0 Å². The number of hydrogen-bond acceptors (Lipinski definition) is 4. The standard InChI is InChI=1S/C15H28N4O/c1-5-16-13(4)9-8-10-19-15(20)11-14(12-17-19)18(6-2)7-3/h11-13,16H,5-10H2,1-4H3. The average molecular weight is 280 g/mol. The molecule has 5 nitrogen and oxygen atoms in total. The maximum absolute atomic E-state index is 12.0. The Morgan fingerprint density at radius 2 is 2.05 bits per heavy atom. The summed E-state index contributed by atoms with van der Waals surface area (Å²) in [6, 6.07) is 2.18. The van der Waals surface area contributed by atoms with E-state index < -0.39 is 0 Å². The van der Waals surface area contributed by atoms with Gasteiger partial charge in [0.2, 0.25) is 0 Å². The lowest BCUT2D eigenvalue weighted by Gasteiger charge is -2.20. The third kappa shape index (κ3) is 4.96. The fourth-order valence-corrected chi connectivity index (χ4v) is 2.35. The molecule has 0 amide bonds. The highest BCUT2D eigenvalue weighted by atomic mass is 16.1. The molecule has 0 fully saturated rings. The number of aromatic nitrogens is 2. The minimum absolute atomic E-state index is 0.00879. The van der Waals surface area contributed by atoms with E-state index in [1.807, 2.05) is 0 Å². The summed E-state index contributed by atoms with van der Waals surface area (Å²) in [4.78, 5) is 14.2. The molecule has 1 heterocycles. The minimum atomic E-state index is -0.00879. The zero-order valence-electron chi connectivity index (χ0n) is 13.2. The van der Waals surface area contributed by atoms with Crippen molar-refractivity contribution in [3.63, 3.8) is 0 Å². The molecule has 114 valence electrons. The van der Waals surface area contributed by atoms with E-state index in [0.717, 1.165) is 38.2 Å². The van der Waals surface area contributed by atoms with Crippen molar-refractivity contribution in [3.05, 3.63) is 22.6 Å². The molecule has 1 rings (SSSR count). The zero-order chi connectivity index (χ0) is 15.0. The molecule has 1 unspecified atom stereocenters. The first kappa shape index (κ1) is 16.7. The van der Waals surface area contributed by atoms with Gasteiger partial charge in [0.05, 0.1) is 11.9 Å². The number of hydrogen-bond donors (Lipinski definition) is 1. The first-order valence-corrected chi connectivity index (χ1v) is 7.67. The Morgan fingerprint density at radius 1 is 1.35 bits per heavy atom. The van der Waals surface area contributed by atoms with Gasteiger partial charge in [-0.1, -0.05) is 6.92 Å². The van der Waals surface area contributed by atoms with Crippen molar-refractivity contribution in [2.24, 2.45) is 0 Å². The number of anilines is 1. The summed E-state index contributed by atoms with van der Waals surface area (Å²) >= 11 is 0. The van der Waals surface area contributed by atoms with Gasteiger partial charge in [0, 0.05) is 31.7 Å². The second kappa shape index (κ2) is 8.74. The molecule has 5 heteroatoms. The Morgan fingerprint density at radius 3 is 2.60 bits per heavy atom. The van der Waals surface area contributed by atoms with E-state index in [4.69, 9.17) is 0 Å². The van der Waals surface area contributed by atoms with Crippen LogP contribution < -0.4 is 15.8 Å². The van der Waals surface area contributed by atoms with Crippen molar-refractivity contribution in [1.29, 1.82) is 0 Å². The van der Waals surface area contributed by atoms with Gasteiger partial charge in [0.15, 0.2) is 0 Å². The number of rotatable bonds is 9. The fourth-order valence-electron chi connectivity index (χ4n) is 2.35. The summed E-state index contributed by atoms with van der Waals surface area (Å²) in [5.41, 5.74) is 0.905. The van der Waals surface area contributed by atoms with Gasteiger partial charge in [-0.25, -0.2) is 4.68 Å². The van der Waals surface area contributed by atoms with Crippen molar-refractivity contribution in [3.8, 4) is 0 Å². The van der Waals surface area contributed by atoms with E-state index >= 15 is 0 Å². The summed E-state index contributed by atoms with van der Waals surface area (Å²) in [5, 5.41) is 7.65. The van der Waals surface area contributed by atoms with Crippen LogP contribution in [0, 0.1) is 0 Å². The minimum Gasteiger partial charge on any atom is -0.371 e. The Balaban J connectivity index is 2.58. The third-order valence-corrected chi connectivity index (χ3v) is 3.54. The topological polar surface area (TPSA) is 50.2 Å². The smallest absolute Gasteiger partial charge is 0.268 e. The number of aryl methyl sites for hydroxylation is 1. The van der Waals surface area contributed by atoms with Gasteiger partial charge in [0.1, 0.15) is 0 Å². The van der Waals surface area contributed by atoms with Gasteiger partial charge in [0.25, 0.3) is 5.56 Å².